The number of nitro benzene ring substituents is 1. The smallest absolute Gasteiger partial charge is 0.293 e. The van der Waals surface area contributed by atoms with E-state index < -0.39 is 4.92 Å². The highest BCUT2D eigenvalue weighted by Gasteiger charge is 2.16. The van der Waals surface area contributed by atoms with Crippen LogP contribution in [0.15, 0.2) is 42.5 Å². The van der Waals surface area contributed by atoms with Crippen LogP contribution < -0.4 is 4.90 Å². The standard InChI is InChI=1S/C17H14ClN3O2S/c1-20(2)14-8-7-11(10-15(14)21(22)23)9-12(18)17-19-13-5-3-4-6-16(13)24-17/h3-10H,1-2H3/b12-9-. The zero-order valence-corrected chi connectivity index (χ0v) is 14.6. The predicted octanol–water partition coefficient (Wildman–Crippen LogP) is 5.01. The van der Waals surface area contributed by atoms with Crippen LogP contribution in [0.3, 0.4) is 0 Å². The van der Waals surface area contributed by atoms with Crippen LogP contribution in [0.2, 0.25) is 0 Å². The summed E-state index contributed by atoms with van der Waals surface area (Å²) in [6, 6.07) is 12.8. The molecule has 0 aliphatic rings. The molecule has 0 aliphatic carbocycles. The van der Waals surface area contributed by atoms with Crippen molar-refractivity contribution in [2.75, 3.05) is 19.0 Å². The highest BCUT2D eigenvalue weighted by atomic mass is 35.5. The number of hydrogen-bond acceptors (Lipinski definition) is 5. The Morgan fingerprint density at radius 1 is 1.29 bits per heavy atom. The second kappa shape index (κ2) is 6.59. The zero-order valence-electron chi connectivity index (χ0n) is 13.1. The first-order valence-corrected chi connectivity index (χ1v) is 8.34. The molecule has 5 nitrogen and oxygen atoms in total. The minimum Gasteiger partial charge on any atom is -0.372 e. The molecule has 3 aromatic rings. The SMILES string of the molecule is CN(C)c1ccc(/C=C(\Cl)c2nc3ccccc3s2)cc1[N+](=O)[O-]. The lowest BCUT2D eigenvalue weighted by Gasteiger charge is -2.12. The molecule has 0 spiro atoms. The van der Waals surface area contributed by atoms with Gasteiger partial charge in [0.25, 0.3) is 5.69 Å². The molecular formula is C17H14ClN3O2S. The fourth-order valence-electron chi connectivity index (χ4n) is 2.34. The van der Waals surface area contributed by atoms with Gasteiger partial charge in [-0.1, -0.05) is 29.8 Å². The number of fused-ring (bicyclic) bond motifs is 1. The molecule has 0 saturated heterocycles. The number of benzene rings is 2. The van der Waals surface area contributed by atoms with Gasteiger partial charge in [0.2, 0.25) is 0 Å². The molecule has 0 fully saturated rings. The highest BCUT2D eigenvalue weighted by molar-refractivity contribution is 7.20. The Bertz CT molecular complexity index is 917. The van der Waals surface area contributed by atoms with E-state index in [1.165, 1.54) is 17.4 Å². The second-order valence-corrected chi connectivity index (χ2v) is 6.82. The molecule has 7 heteroatoms. The number of anilines is 1. The van der Waals surface area contributed by atoms with Gasteiger partial charge in [-0.25, -0.2) is 4.98 Å². The first kappa shape index (κ1) is 16.4. The molecule has 0 aliphatic heterocycles. The van der Waals surface area contributed by atoms with Gasteiger partial charge < -0.3 is 4.90 Å². The number of halogens is 1. The van der Waals surface area contributed by atoms with E-state index in [4.69, 9.17) is 11.6 Å². The van der Waals surface area contributed by atoms with E-state index in [1.54, 1.807) is 37.2 Å². The van der Waals surface area contributed by atoms with Crippen molar-refractivity contribution in [2.24, 2.45) is 0 Å². The van der Waals surface area contributed by atoms with Gasteiger partial charge in [0.05, 0.1) is 20.2 Å². The summed E-state index contributed by atoms with van der Waals surface area (Å²) in [5.74, 6) is 0. The minimum absolute atomic E-state index is 0.0440. The maximum atomic E-state index is 11.3. The van der Waals surface area contributed by atoms with E-state index in [9.17, 15) is 10.1 Å². The van der Waals surface area contributed by atoms with Crippen LogP contribution in [0.1, 0.15) is 10.6 Å². The van der Waals surface area contributed by atoms with Gasteiger partial charge in [0.15, 0.2) is 0 Å². The second-order valence-electron chi connectivity index (χ2n) is 5.38. The van der Waals surface area contributed by atoms with Crippen molar-refractivity contribution in [3.8, 4) is 0 Å². The number of thiazole rings is 1. The van der Waals surface area contributed by atoms with E-state index in [0.29, 0.717) is 21.3 Å². The topological polar surface area (TPSA) is 59.3 Å². The van der Waals surface area contributed by atoms with Crippen LogP contribution in [-0.4, -0.2) is 24.0 Å². The van der Waals surface area contributed by atoms with Gasteiger partial charge in [-0.05, 0) is 29.8 Å². The van der Waals surface area contributed by atoms with Crippen molar-refractivity contribution < 1.29 is 4.92 Å². The first-order chi connectivity index (χ1) is 11.5. The molecule has 2 aromatic carbocycles. The summed E-state index contributed by atoms with van der Waals surface area (Å²) >= 11 is 7.86. The predicted molar refractivity (Wildman–Crippen MR) is 101 cm³/mol. The minimum atomic E-state index is -0.391. The average Bonchev–Trinajstić information content (AvgIpc) is 2.98. The Morgan fingerprint density at radius 2 is 2.04 bits per heavy atom. The quantitative estimate of drug-likeness (QED) is 0.485. The third kappa shape index (κ3) is 3.25. The maximum Gasteiger partial charge on any atom is 0.293 e. The molecule has 0 N–H and O–H groups in total. The number of rotatable bonds is 4. The monoisotopic (exact) mass is 359 g/mol. The van der Waals surface area contributed by atoms with Crippen molar-refractivity contribution in [3.05, 3.63) is 63.1 Å². The summed E-state index contributed by atoms with van der Waals surface area (Å²) in [6.45, 7) is 0. The summed E-state index contributed by atoms with van der Waals surface area (Å²) in [4.78, 5) is 17.1. The first-order valence-electron chi connectivity index (χ1n) is 7.14. The summed E-state index contributed by atoms with van der Waals surface area (Å²) < 4.78 is 1.05. The van der Waals surface area contributed by atoms with Crippen molar-refractivity contribution in [3.63, 3.8) is 0 Å². The van der Waals surface area contributed by atoms with Crippen LogP contribution in [0.5, 0.6) is 0 Å². The lowest BCUT2D eigenvalue weighted by atomic mass is 10.1. The largest absolute Gasteiger partial charge is 0.372 e. The van der Waals surface area contributed by atoms with Crippen LogP contribution >= 0.6 is 22.9 Å². The molecule has 3 rings (SSSR count). The van der Waals surface area contributed by atoms with Gasteiger partial charge in [-0.2, -0.15) is 0 Å². The van der Waals surface area contributed by atoms with Crippen molar-refractivity contribution in [1.82, 2.24) is 4.98 Å². The van der Waals surface area contributed by atoms with Crippen LogP contribution in [0.4, 0.5) is 11.4 Å². The lowest BCUT2D eigenvalue weighted by molar-refractivity contribution is -0.384. The fourth-order valence-corrected chi connectivity index (χ4v) is 3.49. The van der Waals surface area contributed by atoms with Crippen molar-refractivity contribution in [2.45, 2.75) is 0 Å². The van der Waals surface area contributed by atoms with Gasteiger partial charge in [-0.15, -0.1) is 11.3 Å². The normalized spacial score (nSPS) is 11.7. The molecule has 0 bridgehead atoms. The fraction of sp³-hybridized carbons (Fsp3) is 0.118. The third-order valence-corrected chi connectivity index (χ3v) is 4.94. The molecule has 0 amide bonds. The third-order valence-electron chi connectivity index (χ3n) is 3.47. The summed E-state index contributed by atoms with van der Waals surface area (Å²) in [6.07, 6.45) is 1.70. The van der Waals surface area contributed by atoms with Gasteiger partial charge in [0.1, 0.15) is 10.7 Å². The highest BCUT2D eigenvalue weighted by Crippen LogP contribution is 2.33. The molecule has 0 radical (unpaired) electrons. The molecule has 0 saturated carbocycles. The molecule has 0 atom stereocenters. The summed E-state index contributed by atoms with van der Waals surface area (Å²) in [5.41, 5.74) is 2.14. The lowest BCUT2D eigenvalue weighted by Crippen LogP contribution is -2.10. The van der Waals surface area contributed by atoms with Gasteiger partial charge in [-0.3, -0.25) is 10.1 Å². The Balaban J connectivity index is 2.00. The molecule has 1 aromatic heterocycles. The molecule has 1 heterocycles. The Labute approximate surface area is 148 Å². The van der Waals surface area contributed by atoms with Crippen molar-refractivity contribution in [1.29, 1.82) is 0 Å². The average molecular weight is 360 g/mol. The molecule has 122 valence electrons. The number of hydrogen-bond donors (Lipinski definition) is 0. The zero-order chi connectivity index (χ0) is 17.3. The Morgan fingerprint density at radius 3 is 2.71 bits per heavy atom. The Kier molecular flexibility index (Phi) is 4.51. The molecular weight excluding hydrogens is 346 g/mol. The summed E-state index contributed by atoms with van der Waals surface area (Å²) in [7, 11) is 3.54. The van der Waals surface area contributed by atoms with Crippen LogP contribution in [-0.2, 0) is 0 Å². The van der Waals surface area contributed by atoms with E-state index in [0.717, 1.165) is 10.2 Å². The maximum absolute atomic E-state index is 11.3. The van der Waals surface area contributed by atoms with E-state index in [-0.39, 0.29) is 5.69 Å². The molecule has 0 unspecified atom stereocenters. The number of aromatic nitrogens is 1. The number of nitrogens with zero attached hydrogens (tertiary/aromatic N) is 3. The van der Waals surface area contributed by atoms with E-state index in [2.05, 4.69) is 4.98 Å². The van der Waals surface area contributed by atoms with E-state index in [1.807, 2.05) is 24.3 Å². The van der Waals surface area contributed by atoms with Crippen LogP contribution in [0.25, 0.3) is 21.3 Å². The van der Waals surface area contributed by atoms with Gasteiger partial charge in [0, 0.05) is 20.2 Å². The van der Waals surface area contributed by atoms with E-state index >= 15 is 0 Å². The van der Waals surface area contributed by atoms with Gasteiger partial charge >= 0.3 is 0 Å². The number of para-hydroxylation sites is 1. The van der Waals surface area contributed by atoms with Crippen LogP contribution in [0, 0.1) is 10.1 Å². The molecule has 24 heavy (non-hydrogen) atoms. The Hall–Kier alpha value is -2.44. The summed E-state index contributed by atoms with van der Waals surface area (Å²) in [5, 5.41) is 12.4. The number of nitro groups is 1. The van der Waals surface area contributed by atoms with Crippen molar-refractivity contribution >= 4 is 55.6 Å².